The molecule has 1 amide bonds. The number of piperidine rings is 1. The molecule has 0 atom stereocenters. The van der Waals surface area contributed by atoms with E-state index in [1.807, 2.05) is 36.3 Å². The number of aromatic amines is 1. The van der Waals surface area contributed by atoms with E-state index in [1.165, 1.54) is 5.56 Å². The first-order chi connectivity index (χ1) is 11.7. The van der Waals surface area contributed by atoms with E-state index in [2.05, 4.69) is 27.0 Å². The van der Waals surface area contributed by atoms with Gasteiger partial charge in [-0.1, -0.05) is 30.3 Å². The fourth-order valence-corrected chi connectivity index (χ4v) is 3.35. The largest absolute Gasteiger partial charge is 0.349 e. The van der Waals surface area contributed by atoms with Gasteiger partial charge in [0, 0.05) is 44.9 Å². The van der Waals surface area contributed by atoms with Crippen LogP contribution in [0.2, 0.25) is 0 Å². The highest BCUT2D eigenvalue weighted by molar-refractivity contribution is 5.78. The van der Waals surface area contributed by atoms with E-state index >= 15 is 0 Å². The van der Waals surface area contributed by atoms with Crippen LogP contribution >= 0.6 is 0 Å². The first-order valence-electron chi connectivity index (χ1n) is 8.72. The smallest absolute Gasteiger partial charge is 0.225 e. The van der Waals surface area contributed by atoms with E-state index in [0.717, 1.165) is 44.7 Å². The number of hydrogen-bond donors (Lipinski definition) is 1. The summed E-state index contributed by atoms with van der Waals surface area (Å²) < 4.78 is 0. The first-order valence-corrected chi connectivity index (χ1v) is 8.72. The molecule has 3 rings (SSSR count). The molecule has 0 aliphatic carbocycles. The molecule has 5 nitrogen and oxygen atoms in total. The van der Waals surface area contributed by atoms with Gasteiger partial charge in [0.15, 0.2) is 0 Å². The molecular weight excluding hydrogens is 300 g/mol. The van der Waals surface area contributed by atoms with Gasteiger partial charge >= 0.3 is 0 Å². The molecule has 128 valence electrons. The predicted molar refractivity (Wildman–Crippen MR) is 94.4 cm³/mol. The van der Waals surface area contributed by atoms with Crippen molar-refractivity contribution in [3.05, 3.63) is 54.1 Å². The first kappa shape index (κ1) is 16.7. The molecule has 5 heteroatoms. The van der Waals surface area contributed by atoms with Gasteiger partial charge in [0.2, 0.25) is 5.91 Å². The maximum absolute atomic E-state index is 12.6. The number of imidazole rings is 1. The molecule has 1 aliphatic heterocycles. The molecular formula is C19H26N4O. The average Bonchev–Trinajstić information content (AvgIpc) is 3.14. The van der Waals surface area contributed by atoms with E-state index in [0.29, 0.717) is 6.54 Å². The summed E-state index contributed by atoms with van der Waals surface area (Å²) in [6, 6.07) is 10.2. The van der Waals surface area contributed by atoms with Crippen LogP contribution in [0.4, 0.5) is 0 Å². The van der Waals surface area contributed by atoms with Crippen LogP contribution in [0.3, 0.4) is 0 Å². The number of amides is 1. The van der Waals surface area contributed by atoms with Crippen LogP contribution < -0.4 is 0 Å². The molecule has 1 aromatic carbocycles. The third kappa shape index (κ3) is 4.45. The van der Waals surface area contributed by atoms with Crippen molar-refractivity contribution >= 4 is 5.91 Å². The van der Waals surface area contributed by atoms with E-state index < -0.39 is 0 Å². The molecule has 1 saturated heterocycles. The molecule has 0 bridgehead atoms. The summed E-state index contributed by atoms with van der Waals surface area (Å²) in [5.74, 6) is 1.49. The third-order valence-electron chi connectivity index (χ3n) is 4.80. The van der Waals surface area contributed by atoms with Crippen molar-refractivity contribution in [3.63, 3.8) is 0 Å². The van der Waals surface area contributed by atoms with Gasteiger partial charge < -0.3 is 14.8 Å². The second-order valence-corrected chi connectivity index (χ2v) is 6.58. The van der Waals surface area contributed by atoms with Crippen LogP contribution in [0.25, 0.3) is 0 Å². The Morgan fingerprint density at radius 2 is 2.04 bits per heavy atom. The van der Waals surface area contributed by atoms with Crippen molar-refractivity contribution in [2.45, 2.75) is 25.8 Å². The van der Waals surface area contributed by atoms with Crippen LogP contribution in [-0.2, 0) is 17.8 Å². The number of carbonyl (C=O) groups is 1. The Labute approximate surface area is 143 Å². The van der Waals surface area contributed by atoms with Crippen LogP contribution in [-0.4, -0.2) is 52.4 Å². The lowest BCUT2D eigenvalue weighted by Crippen LogP contribution is -2.41. The Balaban J connectivity index is 1.42. The van der Waals surface area contributed by atoms with Crippen LogP contribution in [0.5, 0.6) is 0 Å². The molecule has 0 radical (unpaired) electrons. The molecule has 0 spiro atoms. The van der Waals surface area contributed by atoms with Crippen molar-refractivity contribution in [2.24, 2.45) is 5.92 Å². The number of nitrogens with zero attached hydrogens (tertiary/aromatic N) is 3. The molecule has 1 fully saturated rings. The zero-order valence-corrected chi connectivity index (χ0v) is 14.3. The lowest BCUT2D eigenvalue weighted by Gasteiger charge is -2.33. The molecule has 24 heavy (non-hydrogen) atoms. The van der Waals surface area contributed by atoms with Crippen molar-refractivity contribution in [1.29, 1.82) is 0 Å². The number of likely N-dealkylation sites (tertiary alicyclic amines) is 1. The molecule has 1 aromatic heterocycles. The maximum Gasteiger partial charge on any atom is 0.225 e. The number of nitrogens with one attached hydrogen (secondary N) is 1. The number of benzene rings is 1. The van der Waals surface area contributed by atoms with Gasteiger partial charge in [0.05, 0.1) is 0 Å². The minimum atomic E-state index is 0.165. The Hall–Kier alpha value is -2.14. The summed E-state index contributed by atoms with van der Waals surface area (Å²) in [6.07, 6.45) is 6.51. The lowest BCUT2D eigenvalue weighted by atomic mass is 9.95. The molecule has 0 saturated carbocycles. The summed E-state index contributed by atoms with van der Waals surface area (Å²) in [7, 11) is 1.92. The normalized spacial score (nSPS) is 16.2. The highest BCUT2D eigenvalue weighted by Crippen LogP contribution is 2.20. The molecule has 1 N–H and O–H groups in total. The van der Waals surface area contributed by atoms with Crippen LogP contribution in [0, 0.1) is 5.92 Å². The van der Waals surface area contributed by atoms with Crippen molar-refractivity contribution in [2.75, 3.05) is 26.7 Å². The zero-order valence-electron chi connectivity index (χ0n) is 14.3. The second kappa shape index (κ2) is 8.11. The average molecular weight is 326 g/mol. The van der Waals surface area contributed by atoms with Gasteiger partial charge in [-0.3, -0.25) is 4.79 Å². The second-order valence-electron chi connectivity index (χ2n) is 6.58. The van der Waals surface area contributed by atoms with Gasteiger partial charge in [0.25, 0.3) is 0 Å². The molecule has 1 aliphatic rings. The Morgan fingerprint density at radius 1 is 1.29 bits per heavy atom. The van der Waals surface area contributed by atoms with Crippen molar-refractivity contribution in [1.82, 2.24) is 19.8 Å². The molecule has 0 unspecified atom stereocenters. The number of rotatable bonds is 6. The fourth-order valence-electron chi connectivity index (χ4n) is 3.35. The van der Waals surface area contributed by atoms with Crippen LogP contribution in [0.1, 0.15) is 24.2 Å². The monoisotopic (exact) mass is 326 g/mol. The topological polar surface area (TPSA) is 52.2 Å². The minimum absolute atomic E-state index is 0.165. The highest BCUT2D eigenvalue weighted by atomic mass is 16.2. The number of aromatic nitrogens is 2. The number of carbonyl (C=O) groups excluding carboxylic acids is 1. The fraction of sp³-hybridized carbons (Fsp3) is 0.474. The standard InChI is InChI=1S/C19H26N4O/c1-22(15-16-5-3-2-4-6-16)19(24)17-7-12-23(13-8-17)14-9-18-20-10-11-21-18/h2-6,10-11,17H,7-9,12-15H2,1H3,(H,20,21). The quantitative estimate of drug-likeness (QED) is 0.886. The van der Waals surface area contributed by atoms with Gasteiger partial charge in [0.1, 0.15) is 5.82 Å². The summed E-state index contributed by atoms with van der Waals surface area (Å²) in [4.78, 5) is 24.4. The summed E-state index contributed by atoms with van der Waals surface area (Å²) in [5, 5.41) is 0. The summed E-state index contributed by atoms with van der Waals surface area (Å²) >= 11 is 0. The van der Waals surface area contributed by atoms with Gasteiger partial charge in [-0.15, -0.1) is 0 Å². The van der Waals surface area contributed by atoms with Crippen molar-refractivity contribution < 1.29 is 4.79 Å². The summed E-state index contributed by atoms with van der Waals surface area (Å²) in [5.41, 5.74) is 1.18. The minimum Gasteiger partial charge on any atom is -0.349 e. The SMILES string of the molecule is CN(Cc1ccccc1)C(=O)C1CCN(CCc2ncc[nH]2)CC1. The van der Waals surface area contributed by atoms with E-state index in [-0.39, 0.29) is 11.8 Å². The van der Waals surface area contributed by atoms with Gasteiger partial charge in [-0.2, -0.15) is 0 Å². The highest BCUT2D eigenvalue weighted by Gasteiger charge is 2.27. The van der Waals surface area contributed by atoms with E-state index in [1.54, 1.807) is 6.20 Å². The van der Waals surface area contributed by atoms with E-state index in [9.17, 15) is 4.79 Å². The summed E-state index contributed by atoms with van der Waals surface area (Å²) in [6.45, 7) is 3.69. The Morgan fingerprint density at radius 3 is 2.71 bits per heavy atom. The zero-order chi connectivity index (χ0) is 16.8. The predicted octanol–water partition coefficient (Wildman–Crippen LogP) is 2.32. The van der Waals surface area contributed by atoms with Crippen LogP contribution in [0.15, 0.2) is 42.7 Å². The number of H-pyrrole nitrogens is 1. The van der Waals surface area contributed by atoms with Crippen molar-refractivity contribution in [3.8, 4) is 0 Å². The third-order valence-corrected chi connectivity index (χ3v) is 4.80. The molecule has 2 aromatic rings. The lowest BCUT2D eigenvalue weighted by molar-refractivity contribution is -0.136. The molecule has 2 heterocycles. The number of hydrogen-bond acceptors (Lipinski definition) is 3. The van der Waals surface area contributed by atoms with Gasteiger partial charge in [-0.05, 0) is 31.5 Å². The Kier molecular flexibility index (Phi) is 5.64. The maximum atomic E-state index is 12.6. The Bertz CT molecular complexity index is 618. The van der Waals surface area contributed by atoms with Gasteiger partial charge in [-0.25, -0.2) is 4.98 Å². The van der Waals surface area contributed by atoms with E-state index in [4.69, 9.17) is 0 Å².